The maximum Gasteiger partial charge on any atom is 0.255 e. The number of anilines is 1. The molecular formula is C21H23N3O4S. The van der Waals surface area contributed by atoms with E-state index in [2.05, 4.69) is 10.6 Å². The molecule has 1 aliphatic heterocycles. The molecule has 0 bridgehead atoms. The van der Waals surface area contributed by atoms with E-state index >= 15 is 0 Å². The maximum atomic E-state index is 12.6. The first-order valence-corrected chi connectivity index (χ1v) is 11.2. The Kier molecular flexibility index (Phi) is 5.38. The lowest BCUT2D eigenvalue weighted by Gasteiger charge is -2.15. The van der Waals surface area contributed by atoms with Gasteiger partial charge in [0.2, 0.25) is 10.0 Å². The molecule has 1 heterocycles. The van der Waals surface area contributed by atoms with Crippen LogP contribution in [0.4, 0.5) is 5.69 Å². The highest BCUT2D eigenvalue weighted by molar-refractivity contribution is 7.89. The molecule has 4 rings (SSSR count). The second-order valence-electron chi connectivity index (χ2n) is 7.38. The zero-order chi connectivity index (χ0) is 20.4. The van der Waals surface area contributed by atoms with Crippen molar-refractivity contribution in [2.24, 2.45) is 0 Å². The van der Waals surface area contributed by atoms with Crippen LogP contribution in [0.1, 0.15) is 46.4 Å². The molecular weight excluding hydrogens is 390 g/mol. The number of sulfonamides is 1. The van der Waals surface area contributed by atoms with Gasteiger partial charge in [0.1, 0.15) is 0 Å². The van der Waals surface area contributed by atoms with E-state index in [0.29, 0.717) is 29.9 Å². The Hall–Kier alpha value is -2.71. The number of rotatable bonds is 6. The van der Waals surface area contributed by atoms with Crippen LogP contribution < -0.4 is 10.6 Å². The molecule has 2 aromatic rings. The van der Waals surface area contributed by atoms with Crippen LogP contribution in [-0.4, -0.2) is 43.7 Å². The van der Waals surface area contributed by atoms with Gasteiger partial charge in [0.05, 0.1) is 16.1 Å². The van der Waals surface area contributed by atoms with E-state index in [1.807, 2.05) is 0 Å². The summed E-state index contributed by atoms with van der Waals surface area (Å²) in [6.07, 6.45) is 3.70. The number of para-hydroxylation sites is 1. The van der Waals surface area contributed by atoms with E-state index in [-0.39, 0.29) is 16.8 Å². The number of hydrogen-bond acceptors (Lipinski definition) is 4. The summed E-state index contributed by atoms with van der Waals surface area (Å²) in [4.78, 5) is 25.2. The standard InChI is InChI=1S/C21H23N3O4S/c25-20(23-19-6-2-1-5-18(19)21(26)22-16-9-10-16)15-7-11-17(12-8-15)29(27,28)24-13-3-4-14-24/h1-2,5-8,11-12,16H,3-4,9-10,13-14H2,(H,22,26)(H,23,25). The minimum absolute atomic E-state index is 0.181. The average molecular weight is 413 g/mol. The van der Waals surface area contributed by atoms with Gasteiger partial charge in [-0.1, -0.05) is 12.1 Å². The van der Waals surface area contributed by atoms with Crippen LogP contribution in [0.2, 0.25) is 0 Å². The predicted octanol–water partition coefficient (Wildman–Crippen LogP) is 2.62. The van der Waals surface area contributed by atoms with E-state index in [4.69, 9.17) is 0 Å². The van der Waals surface area contributed by atoms with Gasteiger partial charge in [0.25, 0.3) is 11.8 Å². The molecule has 0 aromatic heterocycles. The molecule has 0 atom stereocenters. The molecule has 1 saturated heterocycles. The van der Waals surface area contributed by atoms with Crippen LogP contribution in [-0.2, 0) is 10.0 Å². The number of hydrogen-bond donors (Lipinski definition) is 2. The molecule has 2 aliphatic rings. The highest BCUT2D eigenvalue weighted by Crippen LogP contribution is 2.23. The second kappa shape index (κ2) is 7.96. The third-order valence-electron chi connectivity index (χ3n) is 5.15. The van der Waals surface area contributed by atoms with Gasteiger partial charge in [-0.25, -0.2) is 8.42 Å². The van der Waals surface area contributed by atoms with Crippen LogP contribution in [0, 0.1) is 0 Å². The minimum atomic E-state index is -3.51. The third-order valence-corrected chi connectivity index (χ3v) is 7.06. The van der Waals surface area contributed by atoms with Crippen molar-refractivity contribution in [2.75, 3.05) is 18.4 Å². The minimum Gasteiger partial charge on any atom is -0.349 e. The fourth-order valence-electron chi connectivity index (χ4n) is 3.33. The Bertz CT molecular complexity index is 1020. The zero-order valence-corrected chi connectivity index (χ0v) is 16.7. The first-order valence-electron chi connectivity index (χ1n) is 9.76. The SMILES string of the molecule is O=C(Nc1ccccc1C(=O)NC1CC1)c1ccc(S(=O)(=O)N2CCCC2)cc1. The number of amides is 2. The first-order chi connectivity index (χ1) is 13.9. The number of carbonyl (C=O) groups excluding carboxylic acids is 2. The summed E-state index contributed by atoms with van der Waals surface area (Å²) in [5.74, 6) is -0.614. The van der Waals surface area contributed by atoms with Crippen LogP contribution in [0.25, 0.3) is 0 Å². The third kappa shape index (κ3) is 4.33. The van der Waals surface area contributed by atoms with Gasteiger partial charge in [-0.2, -0.15) is 4.31 Å². The Morgan fingerprint density at radius 1 is 0.897 bits per heavy atom. The molecule has 1 aliphatic carbocycles. The Labute approximate surface area is 170 Å². The van der Waals surface area contributed by atoms with Crippen molar-refractivity contribution in [2.45, 2.75) is 36.6 Å². The summed E-state index contributed by atoms with van der Waals surface area (Å²) in [7, 11) is -3.51. The Morgan fingerprint density at radius 2 is 1.55 bits per heavy atom. The van der Waals surface area contributed by atoms with Gasteiger partial charge in [0, 0.05) is 24.7 Å². The smallest absolute Gasteiger partial charge is 0.255 e. The van der Waals surface area contributed by atoms with Crippen molar-refractivity contribution in [1.29, 1.82) is 0 Å². The lowest BCUT2D eigenvalue weighted by Crippen LogP contribution is -2.28. The lowest BCUT2D eigenvalue weighted by atomic mass is 10.1. The van der Waals surface area contributed by atoms with Gasteiger partial charge >= 0.3 is 0 Å². The van der Waals surface area contributed by atoms with E-state index in [9.17, 15) is 18.0 Å². The summed E-state index contributed by atoms with van der Waals surface area (Å²) in [5, 5.41) is 5.67. The zero-order valence-electron chi connectivity index (χ0n) is 15.9. The number of benzene rings is 2. The molecule has 2 amide bonds. The molecule has 0 spiro atoms. The Balaban J connectivity index is 1.49. The van der Waals surface area contributed by atoms with Gasteiger partial charge in [0.15, 0.2) is 0 Å². The molecule has 29 heavy (non-hydrogen) atoms. The second-order valence-corrected chi connectivity index (χ2v) is 9.32. The van der Waals surface area contributed by atoms with Crippen molar-refractivity contribution in [3.63, 3.8) is 0 Å². The summed E-state index contributed by atoms with van der Waals surface area (Å²) in [6, 6.07) is 12.9. The fraction of sp³-hybridized carbons (Fsp3) is 0.333. The first kappa shape index (κ1) is 19.6. The lowest BCUT2D eigenvalue weighted by molar-refractivity contribution is 0.0952. The summed E-state index contributed by atoms with van der Waals surface area (Å²) < 4.78 is 26.7. The predicted molar refractivity (Wildman–Crippen MR) is 109 cm³/mol. The monoisotopic (exact) mass is 413 g/mol. The number of nitrogens with zero attached hydrogens (tertiary/aromatic N) is 1. The quantitative estimate of drug-likeness (QED) is 0.761. The highest BCUT2D eigenvalue weighted by atomic mass is 32.2. The van der Waals surface area contributed by atoms with E-state index in [0.717, 1.165) is 25.7 Å². The summed E-state index contributed by atoms with van der Waals surface area (Å²) in [5.41, 5.74) is 1.15. The van der Waals surface area contributed by atoms with Crippen LogP contribution in [0.3, 0.4) is 0 Å². The number of nitrogens with one attached hydrogen (secondary N) is 2. The summed E-state index contributed by atoms with van der Waals surface area (Å²) >= 11 is 0. The molecule has 1 saturated carbocycles. The molecule has 152 valence electrons. The van der Waals surface area contributed by atoms with Crippen molar-refractivity contribution < 1.29 is 18.0 Å². The van der Waals surface area contributed by atoms with Crippen LogP contribution in [0.5, 0.6) is 0 Å². The Morgan fingerprint density at radius 3 is 2.21 bits per heavy atom. The summed E-state index contributed by atoms with van der Waals surface area (Å²) in [6.45, 7) is 1.06. The van der Waals surface area contributed by atoms with Gasteiger partial charge in [-0.15, -0.1) is 0 Å². The molecule has 2 N–H and O–H groups in total. The topological polar surface area (TPSA) is 95.6 Å². The normalized spacial score (nSPS) is 17.1. The van der Waals surface area contributed by atoms with Gasteiger partial charge in [-0.3, -0.25) is 9.59 Å². The molecule has 7 nitrogen and oxygen atoms in total. The molecule has 0 radical (unpaired) electrons. The van der Waals surface area contributed by atoms with Gasteiger partial charge in [-0.05, 0) is 62.1 Å². The largest absolute Gasteiger partial charge is 0.349 e. The highest BCUT2D eigenvalue weighted by Gasteiger charge is 2.27. The van der Waals surface area contributed by atoms with Gasteiger partial charge < -0.3 is 10.6 Å². The van der Waals surface area contributed by atoms with Crippen LogP contribution in [0.15, 0.2) is 53.4 Å². The van der Waals surface area contributed by atoms with Crippen molar-refractivity contribution in [1.82, 2.24) is 9.62 Å². The molecule has 0 unspecified atom stereocenters. The van der Waals surface area contributed by atoms with Crippen molar-refractivity contribution in [3.05, 3.63) is 59.7 Å². The number of carbonyl (C=O) groups is 2. The van der Waals surface area contributed by atoms with E-state index < -0.39 is 15.9 Å². The molecule has 2 fully saturated rings. The average Bonchev–Trinajstić information content (AvgIpc) is 3.35. The fourth-order valence-corrected chi connectivity index (χ4v) is 4.85. The van der Waals surface area contributed by atoms with E-state index in [1.54, 1.807) is 24.3 Å². The molecule has 8 heteroatoms. The van der Waals surface area contributed by atoms with Crippen molar-refractivity contribution >= 4 is 27.5 Å². The van der Waals surface area contributed by atoms with Crippen molar-refractivity contribution in [3.8, 4) is 0 Å². The van der Waals surface area contributed by atoms with E-state index in [1.165, 1.54) is 28.6 Å². The van der Waals surface area contributed by atoms with Crippen LogP contribution >= 0.6 is 0 Å². The maximum absolute atomic E-state index is 12.6. The molecule has 2 aromatic carbocycles.